The first-order chi connectivity index (χ1) is 37.6. The second-order valence-corrected chi connectivity index (χ2v) is 18.6. The standard InChI is InChI=1S/C49H58O30/c1-69-23-8-16(2-5-20(23)54)3-7-29(57)70-15-28-34(61)37(64)41(68)47(76-28)78-44-38(65)32(59)27(14-52)75-49(44)79-45-39(66)33(60)26(13-51)74-48(45)77-43-35(62)30-22(56)10-18(71-46-40(67)36(63)31(58)25(12-50)73-46)11-24(30)72-42(43)17-4-6-19(53)21(55)9-17/h2-11,25-28,31-34,36-41,44-56,58-61,63-68H,12-15H2,1H3/b7-3+/t25-,26-,27-,28-,31-,32-,33-,34-,36+,37+,38+,39+,40-,41-,44-,45-,46-,47+,48+,49+/m1/s1. The van der Waals surface area contributed by atoms with Crippen molar-refractivity contribution in [3.05, 3.63) is 70.4 Å². The molecule has 4 fully saturated rings. The molecule has 17 N–H and O–H groups in total. The van der Waals surface area contributed by atoms with Gasteiger partial charge in [0.25, 0.3) is 0 Å². The van der Waals surface area contributed by atoms with Crippen molar-refractivity contribution >= 4 is 23.0 Å². The van der Waals surface area contributed by atoms with E-state index in [0.29, 0.717) is 5.56 Å². The van der Waals surface area contributed by atoms with Gasteiger partial charge in [0, 0.05) is 23.8 Å². The van der Waals surface area contributed by atoms with Crippen molar-refractivity contribution in [3.63, 3.8) is 0 Å². The van der Waals surface area contributed by atoms with E-state index in [4.69, 9.17) is 51.8 Å². The molecule has 20 atom stereocenters. The Morgan fingerprint density at radius 3 is 1.72 bits per heavy atom. The second-order valence-electron chi connectivity index (χ2n) is 18.6. The van der Waals surface area contributed by atoms with E-state index < -0.39 is 206 Å². The third kappa shape index (κ3) is 12.2. The topological polar surface area (TPSA) is 483 Å². The van der Waals surface area contributed by atoms with Crippen LogP contribution in [0.15, 0.2) is 63.8 Å². The quantitative estimate of drug-likeness (QED) is 0.0266. The number of aliphatic hydroxyl groups is 13. The molecule has 0 spiro atoms. The van der Waals surface area contributed by atoms with Gasteiger partial charge in [-0.15, -0.1) is 0 Å². The normalized spacial score (nSPS) is 35.1. The lowest BCUT2D eigenvalue weighted by Gasteiger charge is -2.48. The summed E-state index contributed by atoms with van der Waals surface area (Å²) < 4.78 is 62.5. The third-order valence-corrected chi connectivity index (χ3v) is 13.4. The number of aromatic hydroxyl groups is 4. The summed E-state index contributed by atoms with van der Waals surface area (Å²) in [5.41, 5.74) is -1.64. The van der Waals surface area contributed by atoms with E-state index in [1.165, 1.54) is 31.4 Å². The van der Waals surface area contributed by atoms with Crippen LogP contribution in [0.2, 0.25) is 0 Å². The molecule has 0 aliphatic carbocycles. The maximum absolute atomic E-state index is 14.7. The Morgan fingerprint density at radius 2 is 1.10 bits per heavy atom. The molecule has 8 rings (SSSR count). The zero-order valence-corrected chi connectivity index (χ0v) is 41.1. The summed E-state index contributed by atoms with van der Waals surface area (Å²) in [6.45, 7) is -3.69. The summed E-state index contributed by atoms with van der Waals surface area (Å²) in [7, 11) is 1.31. The maximum atomic E-state index is 14.7. The molecule has 4 saturated heterocycles. The fourth-order valence-electron chi connectivity index (χ4n) is 8.96. The number of phenols is 4. The number of aliphatic hydroxyl groups excluding tert-OH is 13. The molecule has 30 nitrogen and oxygen atoms in total. The molecule has 434 valence electrons. The van der Waals surface area contributed by atoms with Crippen LogP contribution in [-0.2, 0) is 38.0 Å². The monoisotopic (exact) mass is 1130 g/mol. The second kappa shape index (κ2) is 24.7. The third-order valence-electron chi connectivity index (χ3n) is 13.4. The number of phenolic OH excluding ortho intramolecular Hbond substituents is 4. The van der Waals surface area contributed by atoms with Crippen molar-refractivity contribution in [2.24, 2.45) is 0 Å². The molecule has 0 bridgehead atoms. The van der Waals surface area contributed by atoms with Crippen LogP contribution in [0.4, 0.5) is 0 Å². The van der Waals surface area contributed by atoms with Gasteiger partial charge in [0.2, 0.25) is 23.8 Å². The van der Waals surface area contributed by atoms with Gasteiger partial charge in [-0.3, -0.25) is 4.79 Å². The largest absolute Gasteiger partial charge is 0.507 e. The van der Waals surface area contributed by atoms with Gasteiger partial charge in [0.05, 0.1) is 26.9 Å². The number of ether oxygens (including phenoxy) is 10. The summed E-state index contributed by atoms with van der Waals surface area (Å²) >= 11 is 0. The predicted molar refractivity (Wildman–Crippen MR) is 255 cm³/mol. The molecule has 3 aromatic carbocycles. The van der Waals surface area contributed by atoms with Crippen LogP contribution in [0.25, 0.3) is 28.4 Å². The highest BCUT2D eigenvalue weighted by Gasteiger charge is 2.55. The molecule has 4 aliphatic rings. The average Bonchev–Trinajstić information content (AvgIpc) is 3.54. The van der Waals surface area contributed by atoms with E-state index in [-0.39, 0.29) is 17.1 Å². The first-order valence-corrected chi connectivity index (χ1v) is 24.1. The van der Waals surface area contributed by atoms with E-state index in [2.05, 4.69) is 0 Å². The molecule has 30 heteroatoms. The van der Waals surface area contributed by atoms with Gasteiger partial charge in [0.15, 0.2) is 47.4 Å². The minimum atomic E-state index is -2.25. The van der Waals surface area contributed by atoms with E-state index in [1.54, 1.807) is 0 Å². The highest BCUT2D eigenvalue weighted by molar-refractivity contribution is 5.89. The van der Waals surface area contributed by atoms with Gasteiger partial charge in [-0.25, -0.2) is 4.79 Å². The van der Waals surface area contributed by atoms with E-state index in [1.807, 2.05) is 0 Å². The molecule has 0 unspecified atom stereocenters. The number of esters is 1. The summed E-state index contributed by atoms with van der Waals surface area (Å²) in [6.07, 6.45) is -37.4. The van der Waals surface area contributed by atoms with Gasteiger partial charge in [0.1, 0.15) is 121 Å². The van der Waals surface area contributed by atoms with Crippen LogP contribution in [0.1, 0.15) is 5.56 Å². The Morgan fingerprint density at radius 1 is 0.557 bits per heavy atom. The summed E-state index contributed by atoms with van der Waals surface area (Å²) in [5, 5.41) is 180. The van der Waals surface area contributed by atoms with Crippen molar-refractivity contribution in [2.75, 3.05) is 33.5 Å². The molecule has 5 heterocycles. The van der Waals surface area contributed by atoms with Crippen LogP contribution in [0.5, 0.6) is 40.2 Å². The van der Waals surface area contributed by atoms with Crippen molar-refractivity contribution in [3.8, 4) is 51.6 Å². The van der Waals surface area contributed by atoms with Crippen LogP contribution in [0.3, 0.4) is 0 Å². The number of benzene rings is 3. The summed E-state index contributed by atoms with van der Waals surface area (Å²) in [5.74, 6) is -5.39. The SMILES string of the molecule is COc1cc(/C=C/C(=O)OC[C@H]2O[C@@H](O[C@H]3[C@H](O[C@H]4[C@H](Oc5c(-c6ccc(O)c(O)c6)oc6cc(O[C@@H]7O[C@H](CO)[C@@H](O)[C@H](O)[C@H]7O)cc(O)c6c5=O)O[C@H](CO)[C@@H](O)[C@@H]4O)O[C@H](CO)[C@@H](O)[C@@H]3O)[C@H](O)[C@@H](O)[C@@H]2O)ccc1O. The van der Waals surface area contributed by atoms with Gasteiger partial charge >= 0.3 is 5.97 Å². The van der Waals surface area contributed by atoms with E-state index in [0.717, 1.165) is 36.4 Å². The van der Waals surface area contributed by atoms with Crippen molar-refractivity contribution in [1.29, 1.82) is 0 Å². The minimum absolute atomic E-state index is 0.100. The number of carbonyl (C=O) groups excluding carboxylic acids is 1. The van der Waals surface area contributed by atoms with Gasteiger partial charge in [-0.05, 0) is 42.0 Å². The number of carbonyl (C=O) groups is 1. The lowest BCUT2D eigenvalue weighted by Crippen LogP contribution is -2.67. The lowest BCUT2D eigenvalue weighted by molar-refractivity contribution is -0.389. The Bertz CT molecular complexity index is 2840. The number of fused-ring (bicyclic) bond motifs is 1. The highest BCUT2D eigenvalue weighted by Crippen LogP contribution is 2.41. The summed E-state index contributed by atoms with van der Waals surface area (Å²) in [4.78, 5) is 27.4. The molecule has 1 aromatic heterocycles. The van der Waals surface area contributed by atoms with Crippen LogP contribution >= 0.6 is 0 Å². The van der Waals surface area contributed by atoms with E-state index >= 15 is 0 Å². The minimum Gasteiger partial charge on any atom is -0.507 e. The fraction of sp³-hybridized carbons (Fsp3) is 0.510. The van der Waals surface area contributed by atoms with Gasteiger partial charge in [-0.2, -0.15) is 0 Å². The van der Waals surface area contributed by atoms with Crippen LogP contribution < -0.4 is 19.6 Å². The molecule has 4 aromatic rings. The maximum Gasteiger partial charge on any atom is 0.330 e. The molecular formula is C49H58O30. The van der Waals surface area contributed by atoms with Crippen molar-refractivity contribution in [1.82, 2.24) is 0 Å². The first-order valence-electron chi connectivity index (χ1n) is 24.1. The molecule has 0 amide bonds. The molecule has 4 aliphatic heterocycles. The number of rotatable bonds is 17. The number of hydrogen-bond acceptors (Lipinski definition) is 30. The van der Waals surface area contributed by atoms with Crippen molar-refractivity contribution < 1.29 is 143 Å². The van der Waals surface area contributed by atoms with E-state index in [9.17, 15) is 96.4 Å². The summed E-state index contributed by atoms with van der Waals surface area (Å²) in [6, 6.07) is 8.97. The molecule has 0 radical (unpaired) electrons. The predicted octanol–water partition coefficient (Wildman–Crippen LogP) is -5.44. The smallest absolute Gasteiger partial charge is 0.330 e. The zero-order valence-electron chi connectivity index (χ0n) is 41.1. The molecular weight excluding hydrogens is 1070 g/mol. The fourth-order valence-corrected chi connectivity index (χ4v) is 8.96. The zero-order chi connectivity index (χ0) is 57.3. The Balaban J connectivity index is 1.10. The number of hydrogen-bond donors (Lipinski definition) is 17. The van der Waals surface area contributed by atoms with Crippen molar-refractivity contribution in [2.45, 2.75) is 123 Å². The molecule has 79 heavy (non-hydrogen) atoms. The van der Waals surface area contributed by atoms with Gasteiger partial charge < -0.3 is 139 Å². The first kappa shape index (κ1) is 59.1. The Hall–Kier alpha value is -6.08. The highest BCUT2D eigenvalue weighted by atomic mass is 16.8. The Labute approximate surface area is 443 Å². The number of methoxy groups -OCH3 is 1. The van der Waals surface area contributed by atoms with Crippen LogP contribution in [-0.4, -0.2) is 249 Å². The Kier molecular flexibility index (Phi) is 18.5. The lowest BCUT2D eigenvalue weighted by atomic mass is 9.96. The van der Waals surface area contributed by atoms with Gasteiger partial charge in [-0.1, -0.05) is 6.07 Å². The van der Waals surface area contributed by atoms with Crippen LogP contribution in [0, 0.1) is 0 Å². The molecule has 0 saturated carbocycles. The average molecular weight is 1130 g/mol.